The molecule has 13 heavy (non-hydrogen) atoms. The van der Waals surface area contributed by atoms with E-state index in [-0.39, 0.29) is 0 Å². The lowest BCUT2D eigenvalue weighted by atomic mass is 10.2. The van der Waals surface area contributed by atoms with Crippen LogP contribution in [0.1, 0.15) is 5.56 Å². The van der Waals surface area contributed by atoms with Crippen molar-refractivity contribution >= 4 is 11.6 Å². The molecule has 0 fully saturated rings. The Morgan fingerprint density at radius 2 is 1.62 bits per heavy atom. The Hall–Kier alpha value is -0.840. The molecule has 0 aliphatic heterocycles. The van der Waals surface area contributed by atoms with Crippen LogP contribution in [0.5, 0.6) is 0 Å². The fourth-order valence-electron chi connectivity index (χ4n) is 0.762. The van der Waals surface area contributed by atoms with Crippen molar-refractivity contribution in [1.82, 2.24) is 0 Å². The molecule has 0 nitrogen and oxygen atoms in total. The van der Waals surface area contributed by atoms with Gasteiger partial charge in [0.15, 0.2) is 11.6 Å². The maximum atomic E-state index is 12.5. The molecule has 1 aromatic rings. The molecule has 0 saturated carbocycles. The molecule has 1 rings (SSSR count). The smallest absolute Gasteiger partial charge is 0.204 e. The first-order valence-corrected chi connectivity index (χ1v) is 3.42. The van der Waals surface area contributed by atoms with Crippen molar-refractivity contribution in [3.05, 3.63) is 34.4 Å². The van der Waals surface area contributed by atoms with Crippen LogP contribution in [0.2, 0.25) is 5.02 Å². The number of hydrogen-bond donors (Lipinski definition) is 0. The van der Waals surface area contributed by atoms with Gasteiger partial charge in [0.2, 0.25) is 0 Å². The molecular weight excluding hydrogens is 215 g/mol. The van der Waals surface area contributed by atoms with Gasteiger partial charge in [-0.2, -0.15) is 13.2 Å². The van der Waals surface area contributed by atoms with Crippen LogP contribution in [0.25, 0.3) is 0 Å². The van der Waals surface area contributed by atoms with Gasteiger partial charge in [0.25, 0.3) is 0 Å². The number of rotatable bonds is 0. The summed E-state index contributed by atoms with van der Waals surface area (Å²) in [7, 11) is 0. The quantitative estimate of drug-likeness (QED) is 0.459. The lowest BCUT2D eigenvalue weighted by Gasteiger charge is -2.08. The highest BCUT2D eigenvalue weighted by Gasteiger charge is 2.35. The predicted molar refractivity (Wildman–Crippen MR) is 36.4 cm³/mol. The molecule has 72 valence electrons. The predicted octanol–water partition coefficient (Wildman–Crippen LogP) is 3.64. The highest BCUT2D eigenvalue weighted by atomic mass is 35.5. The Bertz CT molecular complexity index is 330. The van der Waals surface area contributed by atoms with E-state index in [1.807, 2.05) is 0 Å². The first kappa shape index (κ1) is 10.2. The normalized spacial score (nSPS) is 11.8. The molecular formula is C7H2ClF5. The second kappa shape index (κ2) is 3.14. The average Bonchev–Trinajstić information content (AvgIpc) is 1.94. The molecule has 0 aliphatic carbocycles. The van der Waals surface area contributed by atoms with Crippen LogP contribution >= 0.6 is 11.6 Å². The van der Waals surface area contributed by atoms with E-state index in [0.717, 1.165) is 0 Å². The number of alkyl halides is 3. The zero-order chi connectivity index (χ0) is 10.2. The molecule has 0 unspecified atom stereocenters. The van der Waals surface area contributed by atoms with E-state index < -0.39 is 28.4 Å². The summed E-state index contributed by atoms with van der Waals surface area (Å²) in [5.74, 6) is -3.54. The van der Waals surface area contributed by atoms with E-state index in [1.165, 1.54) is 0 Å². The number of halogens is 6. The molecule has 6 heteroatoms. The van der Waals surface area contributed by atoms with Crippen molar-refractivity contribution in [3.8, 4) is 0 Å². The lowest BCUT2D eigenvalue weighted by molar-refractivity contribution is -0.140. The molecule has 0 radical (unpaired) electrons. The van der Waals surface area contributed by atoms with Crippen LogP contribution in [0.4, 0.5) is 22.0 Å². The first-order valence-electron chi connectivity index (χ1n) is 3.04. The summed E-state index contributed by atoms with van der Waals surface area (Å²) in [6.07, 6.45) is -4.93. The molecule has 0 saturated heterocycles. The first-order chi connectivity index (χ1) is 5.82. The van der Waals surface area contributed by atoms with Crippen LogP contribution < -0.4 is 0 Å². The van der Waals surface area contributed by atoms with E-state index >= 15 is 0 Å². The highest BCUT2D eigenvalue weighted by molar-refractivity contribution is 6.30. The zero-order valence-corrected chi connectivity index (χ0v) is 6.68. The van der Waals surface area contributed by atoms with Crippen molar-refractivity contribution in [1.29, 1.82) is 0 Å². The summed E-state index contributed by atoms with van der Waals surface area (Å²) in [6, 6.07) is 0.812. The highest BCUT2D eigenvalue weighted by Crippen LogP contribution is 2.33. The fraction of sp³-hybridized carbons (Fsp3) is 0.143. The fourth-order valence-corrected chi connectivity index (χ4v) is 0.967. The van der Waals surface area contributed by atoms with E-state index in [1.54, 1.807) is 0 Å². The van der Waals surface area contributed by atoms with Gasteiger partial charge < -0.3 is 0 Å². The van der Waals surface area contributed by atoms with Crippen LogP contribution in [0.3, 0.4) is 0 Å². The van der Waals surface area contributed by atoms with E-state index in [4.69, 9.17) is 11.6 Å². The van der Waals surface area contributed by atoms with Gasteiger partial charge in [-0.25, -0.2) is 8.78 Å². The SMILES string of the molecule is Fc1cc(Cl)cc(C(F)(F)F)c1F. The second-order valence-corrected chi connectivity index (χ2v) is 2.68. The van der Waals surface area contributed by atoms with E-state index in [2.05, 4.69) is 0 Å². The van der Waals surface area contributed by atoms with Crippen LogP contribution in [-0.4, -0.2) is 0 Å². The molecule has 0 spiro atoms. The molecule has 0 atom stereocenters. The van der Waals surface area contributed by atoms with E-state index in [0.29, 0.717) is 12.1 Å². The maximum Gasteiger partial charge on any atom is 0.419 e. The Morgan fingerprint density at radius 1 is 1.08 bits per heavy atom. The van der Waals surface area contributed by atoms with Crippen molar-refractivity contribution < 1.29 is 22.0 Å². The molecule has 0 amide bonds. The van der Waals surface area contributed by atoms with Crippen molar-refractivity contribution in [3.63, 3.8) is 0 Å². The van der Waals surface area contributed by atoms with Gasteiger partial charge in [-0.05, 0) is 12.1 Å². The molecule has 1 aromatic carbocycles. The molecule has 0 aromatic heterocycles. The van der Waals surface area contributed by atoms with Crippen LogP contribution in [0, 0.1) is 11.6 Å². The monoisotopic (exact) mass is 216 g/mol. The van der Waals surface area contributed by atoms with Crippen molar-refractivity contribution in [2.75, 3.05) is 0 Å². The second-order valence-electron chi connectivity index (χ2n) is 2.25. The average molecular weight is 217 g/mol. The van der Waals surface area contributed by atoms with Crippen LogP contribution in [-0.2, 0) is 6.18 Å². The van der Waals surface area contributed by atoms with Gasteiger partial charge in [0.05, 0.1) is 5.56 Å². The van der Waals surface area contributed by atoms with Gasteiger partial charge in [-0.1, -0.05) is 11.6 Å². The van der Waals surface area contributed by atoms with Gasteiger partial charge in [-0.3, -0.25) is 0 Å². The summed E-state index contributed by atoms with van der Waals surface area (Å²) in [5.41, 5.74) is -1.70. The summed E-state index contributed by atoms with van der Waals surface area (Å²) in [6.45, 7) is 0. The largest absolute Gasteiger partial charge is 0.419 e. The summed E-state index contributed by atoms with van der Waals surface area (Å²) >= 11 is 5.12. The summed E-state index contributed by atoms with van der Waals surface area (Å²) in [5, 5.41) is -0.494. The van der Waals surface area contributed by atoms with Gasteiger partial charge in [0.1, 0.15) is 0 Å². The standard InChI is InChI=1S/C7H2ClF5/c8-3-1-4(7(11,12)13)6(10)5(9)2-3/h1-2H. The van der Waals surface area contributed by atoms with Gasteiger partial charge >= 0.3 is 6.18 Å². The topological polar surface area (TPSA) is 0 Å². The summed E-state index contributed by atoms with van der Waals surface area (Å²) < 4.78 is 60.8. The maximum absolute atomic E-state index is 12.5. The van der Waals surface area contributed by atoms with Crippen molar-refractivity contribution in [2.45, 2.75) is 6.18 Å². The minimum Gasteiger partial charge on any atom is -0.204 e. The van der Waals surface area contributed by atoms with Gasteiger partial charge in [0, 0.05) is 5.02 Å². The lowest BCUT2D eigenvalue weighted by Crippen LogP contribution is -2.09. The van der Waals surface area contributed by atoms with E-state index in [9.17, 15) is 22.0 Å². The molecule has 0 N–H and O–H groups in total. The Kier molecular flexibility index (Phi) is 2.47. The third kappa shape index (κ3) is 2.09. The molecule has 0 bridgehead atoms. The summed E-state index contributed by atoms with van der Waals surface area (Å²) in [4.78, 5) is 0. The van der Waals surface area contributed by atoms with Crippen molar-refractivity contribution in [2.24, 2.45) is 0 Å². The number of benzene rings is 1. The number of hydrogen-bond acceptors (Lipinski definition) is 0. The zero-order valence-electron chi connectivity index (χ0n) is 5.92. The Balaban J connectivity index is 3.37. The molecule has 0 heterocycles. The Morgan fingerprint density at radius 3 is 2.08 bits per heavy atom. The minimum absolute atomic E-state index is 0.333. The third-order valence-corrected chi connectivity index (χ3v) is 1.52. The van der Waals surface area contributed by atoms with Gasteiger partial charge in [-0.15, -0.1) is 0 Å². The Labute approximate surface area is 74.9 Å². The third-order valence-electron chi connectivity index (χ3n) is 1.30. The minimum atomic E-state index is -4.93. The molecule has 0 aliphatic rings. The van der Waals surface area contributed by atoms with Crippen LogP contribution in [0.15, 0.2) is 12.1 Å².